The van der Waals surface area contributed by atoms with Gasteiger partial charge in [0, 0.05) is 20.2 Å². The highest BCUT2D eigenvalue weighted by molar-refractivity contribution is 5.70. The lowest BCUT2D eigenvalue weighted by Gasteiger charge is -2.25. The van der Waals surface area contributed by atoms with Gasteiger partial charge in [0.1, 0.15) is 11.4 Å². The first kappa shape index (κ1) is 16.9. The number of rotatable bonds is 3. The van der Waals surface area contributed by atoms with Crippen LogP contribution in [-0.4, -0.2) is 46.0 Å². The van der Waals surface area contributed by atoms with Crippen LogP contribution in [0.5, 0.6) is 5.75 Å². The van der Waals surface area contributed by atoms with Gasteiger partial charge in [-0.05, 0) is 12.1 Å². The van der Waals surface area contributed by atoms with Gasteiger partial charge in [-0.3, -0.25) is 4.48 Å². The zero-order valence-corrected chi connectivity index (χ0v) is 12.6. The van der Waals surface area contributed by atoms with E-state index in [1.54, 1.807) is 52.5 Å². The Hall–Kier alpha value is -1.14. The second-order valence-corrected chi connectivity index (χ2v) is 4.56. The molecule has 0 bridgehead atoms. The fourth-order valence-electron chi connectivity index (χ4n) is 1.18. The van der Waals surface area contributed by atoms with Crippen LogP contribution >= 0.6 is 0 Å². The largest absolute Gasteiger partial charge is 1.00 e. The highest BCUT2D eigenvalue weighted by atomic mass is 79.9. The number of quaternary nitrogens is 1. The van der Waals surface area contributed by atoms with Crippen molar-refractivity contribution in [2.45, 2.75) is 0 Å². The Morgan fingerprint density at radius 3 is 2.50 bits per heavy atom. The van der Waals surface area contributed by atoms with E-state index >= 15 is 0 Å². The molecule has 0 spiro atoms. The second-order valence-electron chi connectivity index (χ2n) is 4.56. The minimum absolute atomic E-state index is 0. The van der Waals surface area contributed by atoms with Gasteiger partial charge in [0.2, 0.25) is 6.80 Å². The molecule has 0 heterocycles. The molecule has 0 aliphatic carbocycles. The zero-order chi connectivity index (χ0) is 13.1. The summed E-state index contributed by atoms with van der Waals surface area (Å²) in [4.78, 5) is 12.7. The van der Waals surface area contributed by atoms with Crippen LogP contribution in [0.4, 0.5) is 14.9 Å². The Morgan fingerprint density at radius 2 is 2.00 bits per heavy atom. The maximum atomic E-state index is 12.8. The number of hydrogen-bond acceptors (Lipinski definition) is 2. The van der Waals surface area contributed by atoms with E-state index in [1.165, 1.54) is 4.90 Å². The van der Waals surface area contributed by atoms with E-state index in [9.17, 15) is 9.18 Å². The molecule has 18 heavy (non-hydrogen) atoms. The van der Waals surface area contributed by atoms with Gasteiger partial charge in [0.25, 0.3) is 0 Å². The molecule has 1 aromatic carbocycles. The molecule has 0 aliphatic rings. The third kappa shape index (κ3) is 4.27. The molecule has 1 aromatic rings. The average molecular weight is 320 g/mol. The molecule has 0 saturated carbocycles. The van der Waals surface area contributed by atoms with Crippen molar-refractivity contribution in [1.29, 1.82) is 0 Å². The lowest BCUT2D eigenvalue weighted by molar-refractivity contribution is -0.00000923. The summed E-state index contributed by atoms with van der Waals surface area (Å²) in [5.74, 6) is 0.417. The van der Waals surface area contributed by atoms with E-state index in [4.69, 9.17) is 4.74 Å². The van der Waals surface area contributed by atoms with Crippen molar-refractivity contribution in [3.8, 4) is 5.75 Å². The number of ether oxygens (including phenoxy) is 1. The highest BCUT2D eigenvalue weighted by Gasteiger charge is 2.19. The molecule has 1 amide bonds. The van der Waals surface area contributed by atoms with Crippen LogP contribution < -0.4 is 26.2 Å². The molecule has 4 nitrogen and oxygen atoms in total. The van der Waals surface area contributed by atoms with E-state index in [-0.39, 0.29) is 21.5 Å². The van der Waals surface area contributed by atoms with Crippen LogP contribution in [0.15, 0.2) is 24.3 Å². The van der Waals surface area contributed by atoms with Crippen LogP contribution in [0, 0.1) is 0 Å². The molecule has 0 fully saturated rings. The SMILES string of the molecule is CN(C)C(=O)Oc1cccc([N+](C)(C)C[18F])c1.[Br-]. The quantitative estimate of drug-likeness (QED) is 0.542. The number of amides is 1. The van der Waals surface area contributed by atoms with Crippen molar-refractivity contribution in [2.24, 2.45) is 0 Å². The summed E-state index contributed by atoms with van der Waals surface area (Å²) in [6.45, 7) is -0.523. The number of alkyl halides is 1. The van der Waals surface area contributed by atoms with Gasteiger partial charge in [-0.2, -0.15) is 4.39 Å². The highest BCUT2D eigenvalue weighted by Crippen LogP contribution is 2.24. The summed E-state index contributed by atoms with van der Waals surface area (Å²) >= 11 is 0. The number of halogens is 2. The Morgan fingerprint density at radius 1 is 1.39 bits per heavy atom. The van der Waals surface area contributed by atoms with Crippen LogP contribution in [0.2, 0.25) is 0 Å². The number of hydrogen-bond donors (Lipinski definition) is 0. The summed E-state index contributed by atoms with van der Waals surface area (Å²) in [5, 5.41) is 0. The van der Waals surface area contributed by atoms with E-state index < -0.39 is 12.9 Å². The fourth-order valence-corrected chi connectivity index (χ4v) is 1.18. The van der Waals surface area contributed by atoms with Gasteiger partial charge >= 0.3 is 6.09 Å². The molecule has 0 saturated heterocycles. The van der Waals surface area contributed by atoms with Gasteiger partial charge in [-0.25, -0.2) is 4.79 Å². The normalized spacial score (nSPS) is 10.5. The Labute approximate surface area is 117 Å². The van der Waals surface area contributed by atoms with Gasteiger partial charge in [-0.1, -0.05) is 6.07 Å². The molecular weight excluding hydrogens is 302 g/mol. The number of nitrogens with zero attached hydrogens (tertiary/aromatic N) is 2. The molecule has 0 radical (unpaired) electrons. The maximum absolute atomic E-state index is 12.8. The van der Waals surface area contributed by atoms with Crippen LogP contribution in [0.3, 0.4) is 0 Å². The summed E-state index contributed by atoms with van der Waals surface area (Å²) in [7, 11) is 6.70. The maximum Gasteiger partial charge on any atom is 0.414 e. The van der Waals surface area contributed by atoms with Crippen LogP contribution in [-0.2, 0) is 0 Å². The molecule has 102 valence electrons. The van der Waals surface area contributed by atoms with Crippen molar-refractivity contribution >= 4 is 11.8 Å². The molecule has 1 rings (SSSR count). The van der Waals surface area contributed by atoms with Gasteiger partial charge < -0.3 is 26.6 Å². The van der Waals surface area contributed by atoms with Gasteiger partial charge in [0.05, 0.1) is 14.1 Å². The van der Waals surface area contributed by atoms with Crippen molar-refractivity contribution in [3.05, 3.63) is 24.3 Å². The summed E-state index contributed by atoms with van der Waals surface area (Å²) < 4.78 is 18.0. The molecule has 0 aromatic heterocycles. The minimum Gasteiger partial charge on any atom is -1.00 e. The van der Waals surface area contributed by atoms with Gasteiger partial charge in [0.15, 0.2) is 0 Å². The third-order valence-electron chi connectivity index (χ3n) is 2.39. The molecule has 0 aliphatic heterocycles. The molecule has 0 N–H and O–H groups in total. The molecule has 6 heteroatoms. The van der Waals surface area contributed by atoms with Crippen molar-refractivity contribution < 1.29 is 30.9 Å². The summed E-state index contributed by atoms with van der Waals surface area (Å²) in [5.41, 5.74) is 0.747. The van der Waals surface area contributed by atoms with Crippen LogP contribution in [0.1, 0.15) is 0 Å². The Balaban J connectivity index is 0.00000289. The van der Waals surface area contributed by atoms with E-state index in [0.29, 0.717) is 5.75 Å². The van der Waals surface area contributed by atoms with Crippen LogP contribution in [0.25, 0.3) is 0 Å². The summed E-state index contributed by atoms with van der Waals surface area (Å²) in [6.07, 6.45) is -0.451. The lowest BCUT2D eigenvalue weighted by atomic mass is 10.2. The monoisotopic (exact) mass is 319 g/mol. The number of benzene rings is 1. The average Bonchev–Trinajstić information content (AvgIpc) is 2.29. The second kappa shape index (κ2) is 6.70. The predicted molar refractivity (Wildman–Crippen MR) is 65.8 cm³/mol. The van der Waals surface area contributed by atoms with Crippen molar-refractivity contribution in [2.75, 3.05) is 35.0 Å². The topological polar surface area (TPSA) is 29.5 Å². The molecule has 0 atom stereocenters. The van der Waals surface area contributed by atoms with E-state index in [0.717, 1.165) is 5.69 Å². The fraction of sp³-hybridized carbons (Fsp3) is 0.417. The predicted octanol–water partition coefficient (Wildman–Crippen LogP) is -0.755. The summed E-state index contributed by atoms with van der Waals surface area (Å²) in [6, 6.07) is 6.87. The van der Waals surface area contributed by atoms with E-state index in [2.05, 4.69) is 0 Å². The Bertz CT molecular complexity index is 411. The standard InChI is InChI=1S/C12H18FN2O2.BrH/c1-14(2)12(16)17-11-7-5-6-10(8-11)15(3,4)9-13;/h5-8H,9H2,1-4H3;1H/q+1;/p-1/i13-1;. The minimum atomic E-state index is -0.523. The first-order valence-electron chi connectivity index (χ1n) is 5.25. The zero-order valence-electron chi connectivity index (χ0n) is 11.0. The van der Waals surface area contributed by atoms with Crippen molar-refractivity contribution in [3.63, 3.8) is 0 Å². The third-order valence-corrected chi connectivity index (χ3v) is 2.39. The van der Waals surface area contributed by atoms with Crippen molar-refractivity contribution in [1.82, 2.24) is 9.38 Å². The smallest absolute Gasteiger partial charge is 0.414 e. The molecule has 0 unspecified atom stereocenters. The first-order chi connectivity index (χ1) is 7.86. The Kier molecular flexibility index (Phi) is 6.28. The van der Waals surface area contributed by atoms with E-state index in [1.807, 2.05) is 0 Å². The number of carbonyl (C=O) groups excluding carboxylic acids is 1. The lowest BCUT2D eigenvalue weighted by Crippen LogP contribution is -3.00. The molecular formula is C12H18BrFN2O2. The number of carbonyl (C=O) groups is 1. The van der Waals surface area contributed by atoms with Gasteiger partial charge in [-0.15, -0.1) is 0 Å². The first-order valence-corrected chi connectivity index (χ1v) is 5.25.